The van der Waals surface area contributed by atoms with Gasteiger partial charge in [-0.3, -0.25) is 24.2 Å². The number of rotatable bonds is 17. The van der Waals surface area contributed by atoms with Gasteiger partial charge in [-0.05, 0) is 194 Å². The minimum absolute atomic E-state index is 0.0329. The van der Waals surface area contributed by atoms with Gasteiger partial charge < -0.3 is 15.3 Å². The monoisotopic (exact) mass is 954 g/mol. The van der Waals surface area contributed by atoms with E-state index in [0.29, 0.717) is 38.5 Å². The lowest BCUT2D eigenvalue weighted by molar-refractivity contribution is -0.281. The first-order valence-corrected chi connectivity index (χ1v) is 27.0. The van der Waals surface area contributed by atoms with E-state index < -0.39 is 33.6 Å². The van der Waals surface area contributed by atoms with Crippen LogP contribution in [0.15, 0.2) is 12.1 Å². The number of phenolic OH excluding ortho intramolecular Hbond substituents is 1. The van der Waals surface area contributed by atoms with E-state index in [1.54, 1.807) is 0 Å². The smallest absolute Gasteiger partial charge is 0.322 e. The third-order valence-electron chi connectivity index (χ3n) is 17.8. The van der Waals surface area contributed by atoms with Gasteiger partial charge >= 0.3 is 11.9 Å². The molecule has 3 saturated heterocycles. The molecule has 3 aliphatic rings. The van der Waals surface area contributed by atoms with Gasteiger partial charge in [0.2, 0.25) is 0 Å². The SMILES string of the molecule is CCCCC(C(=O)O)(C(=O)O)C(c1cc(C(C)(C)C)c(O)c(C(C)(C)C)c1)(C1CC(C)(C)N(C)C(C)(C)C1)C1CC(C)(C)N(C)C(C)(C)C1.CCCCCCCCON1C(C)(C)CCCC1(C)C. The van der Waals surface area contributed by atoms with Gasteiger partial charge in [0.05, 0.1) is 6.61 Å². The zero-order valence-corrected chi connectivity index (χ0v) is 48.2. The molecule has 4 rings (SSSR count). The van der Waals surface area contributed by atoms with Crippen LogP contribution >= 0.6 is 0 Å². The van der Waals surface area contributed by atoms with Gasteiger partial charge in [-0.2, -0.15) is 5.06 Å². The molecular formula is C59H107N3O6. The topological polar surface area (TPSA) is 114 Å². The number of carboxylic acids is 2. The Labute approximate surface area is 418 Å². The molecule has 68 heavy (non-hydrogen) atoms. The molecule has 0 amide bonds. The minimum atomic E-state index is -2.12. The van der Waals surface area contributed by atoms with E-state index >= 15 is 0 Å². The zero-order valence-electron chi connectivity index (χ0n) is 48.2. The van der Waals surface area contributed by atoms with Crippen LogP contribution in [0.5, 0.6) is 5.75 Å². The van der Waals surface area contributed by atoms with E-state index in [1.807, 2.05) is 19.1 Å². The van der Waals surface area contributed by atoms with Gasteiger partial charge in [0.1, 0.15) is 5.75 Å². The average Bonchev–Trinajstić information content (AvgIpc) is 3.16. The number of likely N-dealkylation sites (tertiary alicyclic amines) is 2. The van der Waals surface area contributed by atoms with Crippen molar-refractivity contribution in [2.75, 3.05) is 20.7 Å². The molecule has 3 N–H and O–H groups in total. The Morgan fingerprint density at radius 1 is 0.588 bits per heavy atom. The molecule has 0 aliphatic carbocycles. The molecule has 9 nitrogen and oxygen atoms in total. The summed E-state index contributed by atoms with van der Waals surface area (Å²) in [6.07, 6.45) is 15.6. The molecular weight excluding hydrogens is 847 g/mol. The van der Waals surface area contributed by atoms with Crippen molar-refractivity contribution in [3.8, 4) is 5.75 Å². The Kier molecular flexibility index (Phi) is 19.0. The van der Waals surface area contributed by atoms with Gasteiger partial charge in [0.15, 0.2) is 5.41 Å². The molecule has 0 aromatic heterocycles. The summed E-state index contributed by atoms with van der Waals surface area (Å²) in [5, 5.41) is 37.8. The summed E-state index contributed by atoms with van der Waals surface area (Å²) in [6.45, 7) is 44.6. The molecule has 0 unspecified atom stereocenters. The van der Waals surface area contributed by atoms with Crippen LogP contribution in [0.1, 0.15) is 258 Å². The largest absolute Gasteiger partial charge is 0.507 e. The Balaban J connectivity index is 0.000000538. The Bertz CT molecular complexity index is 1700. The molecule has 0 saturated carbocycles. The summed E-state index contributed by atoms with van der Waals surface area (Å²) in [5.74, 6) is -2.86. The highest BCUT2D eigenvalue weighted by atomic mass is 16.7. The summed E-state index contributed by atoms with van der Waals surface area (Å²) < 4.78 is 0. The summed E-state index contributed by atoms with van der Waals surface area (Å²) in [5.41, 5.74) is -3.15. The first kappa shape index (κ1) is 60.1. The van der Waals surface area contributed by atoms with E-state index in [0.717, 1.165) is 23.3 Å². The number of aromatic hydroxyl groups is 1. The number of carboxylic acid groups (broad SMARTS) is 2. The zero-order chi connectivity index (χ0) is 52.5. The van der Waals surface area contributed by atoms with Crippen LogP contribution < -0.4 is 0 Å². The lowest BCUT2D eigenvalue weighted by Gasteiger charge is -2.66. The van der Waals surface area contributed by atoms with E-state index in [1.165, 1.54) is 57.8 Å². The summed E-state index contributed by atoms with van der Waals surface area (Å²) in [4.78, 5) is 39.8. The van der Waals surface area contributed by atoms with Crippen molar-refractivity contribution in [2.24, 2.45) is 17.3 Å². The van der Waals surface area contributed by atoms with Crippen molar-refractivity contribution in [3.63, 3.8) is 0 Å². The second kappa shape index (κ2) is 21.5. The Morgan fingerprint density at radius 3 is 1.28 bits per heavy atom. The molecule has 9 heteroatoms. The van der Waals surface area contributed by atoms with Crippen LogP contribution in [0.25, 0.3) is 0 Å². The molecule has 0 bridgehead atoms. The van der Waals surface area contributed by atoms with Crippen molar-refractivity contribution in [1.82, 2.24) is 14.9 Å². The normalized spacial score (nSPS) is 22.6. The molecule has 0 atom stereocenters. The lowest BCUT2D eigenvalue weighted by Crippen LogP contribution is -2.71. The molecule has 3 heterocycles. The fraction of sp³-hybridized carbons (Fsp3) is 0.864. The third kappa shape index (κ3) is 12.3. The van der Waals surface area contributed by atoms with Gasteiger partial charge in [-0.15, -0.1) is 0 Å². The minimum Gasteiger partial charge on any atom is -0.507 e. The van der Waals surface area contributed by atoms with Crippen LogP contribution in [-0.4, -0.2) is 96.1 Å². The van der Waals surface area contributed by atoms with Crippen LogP contribution in [0.2, 0.25) is 0 Å². The van der Waals surface area contributed by atoms with Gasteiger partial charge in [0, 0.05) is 38.6 Å². The van der Waals surface area contributed by atoms with Crippen molar-refractivity contribution < 1.29 is 29.7 Å². The van der Waals surface area contributed by atoms with Crippen LogP contribution in [0, 0.1) is 17.3 Å². The highest BCUT2D eigenvalue weighted by Crippen LogP contribution is 2.66. The van der Waals surface area contributed by atoms with Crippen LogP contribution in [0.3, 0.4) is 0 Å². The molecule has 1 aromatic carbocycles. The number of benzene rings is 1. The summed E-state index contributed by atoms with van der Waals surface area (Å²) in [7, 11) is 4.29. The van der Waals surface area contributed by atoms with E-state index in [9.17, 15) is 24.9 Å². The van der Waals surface area contributed by atoms with Crippen molar-refractivity contribution in [2.45, 2.75) is 291 Å². The first-order chi connectivity index (χ1) is 30.8. The summed E-state index contributed by atoms with van der Waals surface area (Å²) >= 11 is 0. The number of hydrogen-bond acceptors (Lipinski definition) is 7. The quantitative estimate of drug-likeness (QED) is 0.104. The number of hydrogen-bond donors (Lipinski definition) is 3. The van der Waals surface area contributed by atoms with E-state index in [4.69, 9.17) is 4.84 Å². The standard InChI is InChI=1S/C42H72N2O5.C17H35NO/c1-18-19-20-41(33(46)47,34(48)49)42(28-23-37(8,9)43(16)38(10,11)24-28,29-25-39(12,13)44(17)40(14,15)26-29)27-21-30(35(2,3)4)32(45)31(22-27)36(5,6)7;1-6-7-8-9-10-11-15-19-18-16(2,3)13-12-14-17(18,4)5/h21-22,28-29,45H,18-20,23-26H2,1-17H3,(H,46,47)(H,48,49);6-15H2,1-5H3. The Hall–Kier alpha value is -2.20. The number of piperidine rings is 3. The maximum absolute atomic E-state index is 14.4. The molecule has 0 spiro atoms. The van der Waals surface area contributed by atoms with Gasteiger partial charge in [0.25, 0.3) is 0 Å². The first-order valence-electron chi connectivity index (χ1n) is 27.0. The van der Waals surface area contributed by atoms with Crippen LogP contribution in [0.4, 0.5) is 0 Å². The lowest BCUT2D eigenvalue weighted by atomic mass is 9.41. The predicted octanol–water partition coefficient (Wildman–Crippen LogP) is 14.7. The number of carbonyl (C=O) groups is 2. The number of phenols is 1. The molecule has 1 aromatic rings. The number of nitrogens with zero attached hydrogens (tertiary/aromatic N) is 3. The molecule has 3 aliphatic heterocycles. The van der Waals surface area contributed by atoms with Crippen molar-refractivity contribution >= 4 is 11.9 Å². The van der Waals surface area contributed by atoms with Crippen molar-refractivity contribution in [3.05, 3.63) is 28.8 Å². The third-order valence-corrected chi connectivity index (χ3v) is 17.8. The number of hydroxylamine groups is 2. The maximum atomic E-state index is 14.4. The fourth-order valence-corrected chi connectivity index (χ4v) is 13.8. The second-order valence-electron chi connectivity index (χ2n) is 27.9. The fourth-order valence-electron chi connectivity index (χ4n) is 13.8. The molecule has 3 fully saturated rings. The molecule has 394 valence electrons. The number of aliphatic carboxylic acids is 2. The van der Waals surface area contributed by atoms with Gasteiger partial charge in [-0.25, -0.2) is 0 Å². The number of unbranched alkanes of at least 4 members (excludes halogenated alkanes) is 6. The molecule has 0 radical (unpaired) electrons. The second-order valence-corrected chi connectivity index (χ2v) is 27.9. The Morgan fingerprint density at radius 2 is 0.941 bits per heavy atom. The van der Waals surface area contributed by atoms with Crippen LogP contribution in [-0.2, 0) is 30.7 Å². The average molecular weight is 955 g/mol. The highest BCUT2D eigenvalue weighted by molar-refractivity contribution is 6.00. The maximum Gasteiger partial charge on any atom is 0.322 e. The van der Waals surface area contributed by atoms with E-state index in [-0.39, 0.29) is 57.2 Å². The summed E-state index contributed by atoms with van der Waals surface area (Å²) in [6, 6.07) is 4.07. The van der Waals surface area contributed by atoms with E-state index in [2.05, 4.69) is 161 Å². The van der Waals surface area contributed by atoms with Gasteiger partial charge in [-0.1, -0.05) is 112 Å². The van der Waals surface area contributed by atoms with Crippen molar-refractivity contribution in [1.29, 1.82) is 0 Å². The highest BCUT2D eigenvalue weighted by Gasteiger charge is 2.71. The predicted molar refractivity (Wildman–Crippen MR) is 285 cm³/mol.